The summed E-state index contributed by atoms with van der Waals surface area (Å²) in [4.78, 5) is 14.3. The number of hydrogen-bond acceptors (Lipinski definition) is 1. The van der Waals surface area contributed by atoms with Gasteiger partial charge in [-0.3, -0.25) is 4.79 Å². The van der Waals surface area contributed by atoms with Gasteiger partial charge >= 0.3 is 0 Å². The third kappa shape index (κ3) is 2.09. The maximum Gasteiger partial charge on any atom is 0.258 e. The third-order valence-electron chi connectivity index (χ3n) is 3.79. The van der Waals surface area contributed by atoms with Crippen LogP contribution in [0.15, 0.2) is 42.5 Å². The van der Waals surface area contributed by atoms with Crippen LogP contribution in [0, 0.1) is 12.7 Å². The number of carbonyl (C=O) groups is 1. The van der Waals surface area contributed by atoms with Gasteiger partial charge in [0, 0.05) is 12.1 Å². The summed E-state index contributed by atoms with van der Waals surface area (Å²) in [6.07, 6.45) is 1.69. The van der Waals surface area contributed by atoms with Crippen molar-refractivity contribution in [1.29, 1.82) is 0 Å². The van der Waals surface area contributed by atoms with Crippen LogP contribution in [0.3, 0.4) is 0 Å². The molecule has 0 saturated carbocycles. The van der Waals surface area contributed by atoms with Crippen LogP contribution in [-0.2, 0) is 6.42 Å². The van der Waals surface area contributed by atoms with Crippen LogP contribution in [0.2, 0.25) is 0 Å². The predicted molar refractivity (Wildman–Crippen MR) is 77.6 cm³/mol. The summed E-state index contributed by atoms with van der Waals surface area (Å²) in [5, 5.41) is 0. The van der Waals surface area contributed by atoms with Gasteiger partial charge in [0.25, 0.3) is 5.91 Å². The van der Waals surface area contributed by atoms with Crippen LogP contribution in [0.4, 0.5) is 10.1 Å². The molecule has 0 fully saturated rings. The summed E-state index contributed by atoms with van der Waals surface area (Å²) < 4.78 is 14.1. The van der Waals surface area contributed by atoms with Gasteiger partial charge in [-0.05, 0) is 43.0 Å². The van der Waals surface area contributed by atoms with Gasteiger partial charge in [0.2, 0.25) is 0 Å². The molecule has 2 nitrogen and oxygen atoms in total. The maximum atomic E-state index is 14.1. The minimum atomic E-state index is -0.316. The molecular formula is C17H16FNO. The Morgan fingerprint density at radius 2 is 1.95 bits per heavy atom. The zero-order valence-corrected chi connectivity index (χ0v) is 11.4. The Kier molecular flexibility index (Phi) is 3.26. The molecule has 0 atom stereocenters. The quantitative estimate of drug-likeness (QED) is 0.772. The van der Waals surface area contributed by atoms with Crippen molar-refractivity contribution in [2.24, 2.45) is 0 Å². The van der Waals surface area contributed by atoms with Crippen LogP contribution in [0.1, 0.15) is 27.9 Å². The van der Waals surface area contributed by atoms with Gasteiger partial charge in [0.1, 0.15) is 5.82 Å². The molecule has 0 spiro atoms. The molecule has 0 radical (unpaired) electrons. The summed E-state index contributed by atoms with van der Waals surface area (Å²) >= 11 is 0. The van der Waals surface area contributed by atoms with Gasteiger partial charge in [-0.2, -0.15) is 0 Å². The molecule has 0 aliphatic carbocycles. The number of amides is 1. The lowest BCUT2D eigenvalue weighted by Crippen LogP contribution is -2.36. The molecule has 1 amide bonds. The zero-order valence-electron chi connectivity index (χ0n) is 11.4. The number of carbonyl (C=O) groups excluding carboxylic acids is 1. The van der Waals surface area contributed by atoms with Crippen molar-refractivity contribution in [3.8, 4) is 0 Å². The van der Waals surface area contributed by atoms with E-state index in [1.165, 1.54) is 6.07 Å². The molecule has 0 bridgehead atoms. The highest BCUT2D eigenvalue weighted by molar-refractivity contribution is 6.07. The van der Waals surface area contributed by atoms with E-state index in [0.717, 1.165) is 24.0 Å². The Balaban J connectivity index is 2.05. The molecule has 2 aromatic carbocycles. The molecule has 3 heteroatoms. The first-order valence-electron chi connectivity index (χ1n) is 6.83. The Labute approximate surface area is 117 Å². The fourth-order valence-corrected chi connectivity index (χ4v) is 2.76. The second kappa shape index (κ2) is 5.08. The first-order valence-corrected chi connectivity index (χ1v) is 6.83. The highest BCUT2D eigenvalue weighted by Gasteiger charge is 2.26. The van der Waals surface area contributed by atoms with Gasteiger partial charge in [-0.25, -0.2) is 4.39 Å². The summed E-state index contributed by atoms with van der Waals surface area (Å²) in [5.74, 6) is -0.432. The van der Waals surface area contributed by atoms with Gasteiger partial charge < -0.3 is 4.90 Å². The minimum absolute atomic E-state index is 0.117. The van der Waals surface area contributed by atoms with E-state index in [-0.39, 0.29) is 11.7 Å². The highest BCUT2D eigenvalue weighted by Crippen LogP contribution is 2.31. The van der Waals surface area contributed by atoms with E-state index in [0.29, 0.717) is 17.8 Å². The summed E-state index contributed by atoms with van der Waals surface area (Å²) in [6.45, 7) is 2.47. The number of fused-ring (bicyclic) bond motifs is 1. The Bertz CT molecular complexity index is 666. The number of nitrogens with zero attached hydrogens (tertiary/aromatic N) is 1. The lowest BCUT2D eigenvalue weighted by atomic mass is 9.99. The van der Waals surface area contributed by atoms with Crippen LogP contribution in [-0.4, -0.2) is 12.5 Å². The molecule has 1 heterocycles. The van der Waals surface area contributed by atoms with Crippen molar-refractivity contribution in [2.45, 2.75) is 19.8 Å². The van der Waals surface area contributed by atoms with Crippen LogP contribution in [0.25, 0.3) is 0 Å². The van der Waals surface area contributed by atoms with E-state index in [4.69, 9.17) is 0 Å². The number of aryl methyl sites for hydroxylation is 2. The molecule has 2 aromatic rings. The number of para-hydroxylation sites is 1. The number of anilines is 1. The molecule has 20 heavy (non-hydrogen) atoms. The SMILES string of the molecule is Cc1ccccc1C(=O)N1CCCc2cccc(F)c21. The Morgan fingerprint density at radius 1 is 1.15 bits per heavy atom. The average Bonchev–Trinajstić information content (AvgIpc) is 2.47. The molecule has 102 valence electrons. The molecular weight excluding hydrogens is 253 g/mol. The molecule has 3 rings (SSSR count). The van der Waals surface area contributed by atoms with Crippen molar-refractivity contribution >= 4 is 11.6 Å². The van der Waals surface area contributed by atoms with Crippen molar-refractivity contribution in [3.05, 3.63) is 65.0 Å². The average molecular weight is 269 g/mol. The molecule has 0 N–H and O–H groups in total. The highest BCUT2D eigenvalue weighted by atomic mass is 19.1. The second-order valence-corrected chi connectivity index (χ2v) is 5.12. The summed E-state index contributed by atoms with van der Waals surface area (Å²) in [6, 6.07) is 12.5. The van der Waals surface area contributed by atoms with Gasteiger partial charge in [0.05, 0.1) is 5.69 Å². The fraction of sp³-hybridized carbons (Fsp3) is 0.235. The van der Waals surface area contributed by atoms with Crippen LogP contribution < -0.4 is 4.90 Å². The molecule has 0 unspecified atom stereocenters. The molecule has 1 aliphatic heterocycles. The normalized spacial score (nSPS) is 14.0. The molecule has 0 saturated heterocycles. The number of rotatable bonds is 1. The topological polar surface area (TPSA) is 20.3 Å². The lowest BCUT2D eigenvalue weighted by molar-refractivity contribution is 0.0983. The van der Waals surface area contributed by atoms with E-state index in [9.17, 15) is 9.18 Å². The number of halogens is 1. The van der Waals surface area contributed by atoms with Crippen molar-refractivity contribution < 1.29 is 9.18 Å². The van der Waals surface area contributed by atoms with Crippen LogP contribution >= 0.6 is 0 Å². The zero-order chi connectivity index (χ0) is 14.1. The van der Waals surface area contributed by atoms with E-state index >= 15 is 0 Å². The van der Waals surface area contributed by atoms with E-state index in [1.54, 1.807) is 17.0 Å². The van der Waals surface area contributed by atoms with E-state index in [2.05, 4.69) is 0 Å². The Morgan fingerprint density at radius 3 is 2.75 bits per heavy atom. The Hall–Kier alpha value is -2.16. The summed E-state index contributed by atoms with van der Waals surface area (Å²) in [7, 11) is 0. The second-order valence-electron chi connectivity index (χ2n) is 5.12. The van der Waals surface area contributed by atoms with Crippen LogP contribution in [0.5, 0.6) is 0 Å². The van der Waals surface area contributed by atoms with Gasteiger partial charge in [0.15, 0.2) is 0 Å². The number of hydrogen-bond donors (Lipinski definition) is 0. The van der Waals surface area contributed by atoms with Gasteiger partial charge in [-0.1, -0.05) is 30.3 Å². The van der Waals surface area contributed by atoms with Crippen molar-refractivity contribution in [3.63, 3.8) is 0 Å². The fourth-order valence-electron chi connectivity index (χ4n) is 2.76. The monoisotopic (exact) mass is 269 g/mol. The number of benzene rings is 2. The molecule has 1 aliphatic rings. The van der Waals surface area contributed by atoms with E-state index < -0.39 is 0 Å². The standard InChI is InChI=1S/C17H16FNO/c1-12-6-2-3-9-14(12)17(20)19-11-5-8-13-7-4-10-15(18)16(13)19/h2-4,6-7,9-10H,5,8,11H2,1H3. The predicted octanol–water partition coefficient (Wildman–Crippen LogP) is 3.73. The third-order valence-corrected chi connectivity index (χ3v) is 3.79. The lowest BCUT2D eigenvalue weighted by Gasteiger charge is -2.30. The van der Waals surface area contributed by atoms with Crippen molar-refractivity contribution in [2.75, 3.05) is 11.4 Å². The minimum Gasteiger partial charge on any atom is -0.305 e. The first kappa shape index (κ1) is 12.9. The maximum absolute atomic E-state index is 14.1. The van der Waals surface area contributed by atoms with Gasteiger partial charge in [-0.15, -0.1) is 0 Å². The summed E-state index contributed by atoms with van der Waals surface area (Å²) in [5.41, 5.74) is 2.93. The van der Waals surface area contributed by atoms with E-state index in [1.807, 2.05) is 31.2 Å². The first-order chi connectivity index (χ1) is 9.68. The largest absolute Gasteiger partial charge is 0.305 e. The molecule has 0 aromatic heterocycles. The van der Waals surface area contributed by atoms with Crippen molar-refractivity contribution in [1.82, 2.24) is 0 Å². The smallest absolute Gasteiger partial charge is 0.258 e.